The Balaban J connectivity index is 0.000000207. The van der Waals surface area contributed by atoms with Crippen LogP contribution in [0.25, 0.3) is 21.8 Å². The summed E-state index contributed by atoms with van der Waals surface area (Å²) in [6, 6.07) is 18.2. The van der Waals surface area contributed by atoms with Crippen molar-refractivity contribution in [2.45, 2.75) is 26.8 Å². The summed E-state index contributed by atoms with van der Waals surface area (Å²) in [5.41, 5.74) is 5.13. The molecule has 0 aliphatic rings. The number of hydrogen-bond acceptors (Lipinski definition) is 5. The largest absolute Gasteiger partial charge is 0.360 e. The highest BCUT2D eigenvalue weighted by Crippen LogP contribution is 2.25. The van der Waals surface area contributed by atoms with Crippen molar-refractivity contribution in [3.63, 3.8) is 0 Å². The van der Waals surface area contributed by atoms with Gasteiger partial charge < -0.3 is 10.3 Å². The number of nitriles is 1. The molecular formula is C29H27ClFN5O. The van der Waals surface area contributed by atoms with Gasteiger partial charge in [-0.1, -0.05) is 31.5 Å². The molecule has 0 atom stereocenters. The number of aromatic nitrogens is 3. The van der Waals surface area contributed by atoms with Crippen LogP contribution >= 0.6 is 11.6 Å². The first-order valence-corrected chi connectivity index (χ1v) is 12.2. The number of pyridine rings is 2. The molecule has 5 rings (SSSR count). The number of nitrogens with zero attached hydrogens (tertiary/aromatic N) is 3. The highest BCUT2D eigenvalue weighted by Gasteiger charge is 2.07. The van der Waals surface area contributed by atoms with E-state index in [9.17, 15) is 9.18 Å². The van der Waals surface area contributed by atoms with Crippen LogP contribution in [0.2, 0.25) is 5.02 Å². The highest BCUT2D eigenvalue weighted by molar-refractivity contribution is 6.35. The molecule has 188 valence electrons. The first-order chi connectivity index (χ1) is 18.0. The SMILES string of the molecule is CC.CNCc1cc2c(Cl)c[nH]c2cc1F.N#Cc1ccc2cc(Cc3cc(C=O)ccn3)ccc2n1. The van der Waals surface area contributed by atoms with Gasteiger partial charge in [-0.2, -0.15) is 5.26 Å². The molecule has 2 N–H and O–H groups in total. The highest BCUT2D eigenvalue weighted by atomic mass is 35.5. The van der Waals surface area contributed by atoms with Gasteiger partial charge in [-0.05, 0) is 61.1 Å². The average Bonchev–Trinajstić information content (AvgIpc) is 3.29. The zero-order valence-electron chi connectivity index (χ0n) is 20.8. The number of aldehydes is 1. The van der Waals surface area contributed by atoms with Gasteiger partial charge >= 0.3 is 0 Å². The van der Waals surface area contributed by atoms with E-state index >= 15 is 0 Å². The molecule has 3 heterocycles. The van der Waals surface area contributed by atoms with Crippen molar-refractivity contribution in [2.75, 3.05) is 7.05 Å². The van der Waals surface area contributed by atoms with Gasteiger partial charge in [0.15, 0.2) is 0 Å². The smallest absolute Gasteiger partial charge is 0.150 e. The van der Waals surface area contributed by atoms with Crippen molar-refractivity contribution >= 4 is 39.7 Å². The van der Waals surface area contributed by atoms with Gasteiger partial charge in [-0.15, -0.1) is 0 Å². The minimum Gasteiger partial charge on any atom is -0.360 e. The number of hydrogen-bond donors (Lipinski definition) is 2. The second-order valence-electron chi connectivity index (χ2n) is 7.87. The Morgan fingerprint density at radius 2 is 1.95 bits per heavy atom. The molecule has 0 saturated heterocycles. The van der Waals surface area contributed by atoms with Gasteiger partial charge in [-0.3, -0.25) is 9.78 Å². The minimum absolute atomic E-state index is 0.217. The van der Waals surface area contributed by atoms with E-state index in [0.29, 0.717) is 34.8 Å². The van der Waals surface area contributed by atoms with Gasteiger partial charge in [-0.25, -0.2) is 9.37 Å². The zero-order valence-corrected chi connectivity index (χ0v) is 21.6. The second-order valence-corrected chi connectivity index (χ2v) is 8.27. The summed E-state index contributed by atoms with van der Waals surface area (Å²) in [6.45, 7) is 4.50. The maximum atomic E-state index is 13.4. The first kappa shape index (κ1) is 27.5. The summed E-state index contributed by atoms with van der Waals surface area (Å²) in [7, 11) is 1.78. The van der Waals surface area contributed by atoms with E-state index in [1.807, 2.05) is 44.2 Å². The Morgan fingerprint density at radius 1 is 1.14 bits per heavy atom. The monoisotopic (exact) mass is 515 g/mol. The molecule has 3 aromatic heterocycles. The number of H-pyrrole nitrogens is 1. The van der Waals surface area contributed by atoms with Gasteiger partial charge in [0, 0.05) is 58.5 Å². The molecule has 0 spiro atoms. The predicted octanol–water partition coefficient (Wildman–Crippen LogP) is 6.61. The number of carbonyl (C=O) groups is 1. The van der Waals surface area contributed by atoms with Crippen LogP contribution < -0.4 is 5.32 Å². The van der Waals surface area contributed by atoms with E-state index in [4.69, 9.17) is 16.9 Å². The molecule has 0 amide bonds. The second kappa shape index (κ2) is 13.3. The van der Waals surface area contributed by atoms with Crippen LogP contribution in [0.15, 0.2) is 67.0 Å². The molecule has 0 bridgehead atoms. The molecule has 0 aliphatic carbocycles. The fourth-order valence-corrected chi connectivity index (χ4v) is 3.91. The van der Waals surface area contributed by atoms with E-state index in [1.54, 1.807) is 43.7 Å². The van der Waals surface area contributed by atoms with E-state index in [2.05, 4.69) is 20.3 Å². The van der Waals surface area contributed by atoms with Gasteiger partial charge in [0.2, 0.25) is 0 Å². The van der Waals surface area contributed by atoms with Crippen LogP contribution in [0.4, 0.5) is 4.39 Å². The number of rotatable bonds is 5. The molecule has 0 radical (unpaired) electrons. The van der Waals surface area contributed by atoms with Crippen molar-refractivity contribution in [1.82, 2.24) is 20.3 Å². The number of aromatic amines is 1. The van der Waals surface area contributed by atoms with Gasteiger partial charge in [0.25, 0.3) is 0 Å². The number of benzene rings is 2. The Labute approximate surface area is 220 Å². The minimum atomic E-state index is -0.217. The van der Waals surface area contributed by atoms with Gasteiger partial charge in [0.1, 0.15) is 23.9 Å². The summed E-state index contributed by atoms with van der Waals surface area (Å²) >= 11 is 5.92. The molecular weight excluding hydrogens is 489 g/mol. The maximum absolute atomic E-state index is 13.4. The summed E-state index contributed by atoms with van der Waals surface area (Å²) in [4.78, 5) is 22.2. The Kier molecular flexibility index (Phi) is 9.84. The van der Waals surface area contributed by atoms with E-state index < -0.39 is 0 Å². The lowest BCUT2D eigenvalue weighted by atomic mass is 10.1. The van der Waals surface area contributed by atoms with Crippen LogP contribution in [0.1, 0.15) is 46.7 Å². The van der Waals surface area contributed by atoms with Crippen LogP contribution in [-0.2, 0) is 13.0 Å². The lowest BCUT2D eigenvalue weighted by Gasteiger charge is -2.04. The summed E-state index contributed by atoms with van der Waals surface area (Å²) in [5.74, 6) is -0.217. The van der Waals surface area contributed by atoms with Gasteiger partial charge in [0.05, 0.1) is 10.5 Å². The average molecular weight is 516 g/mol. The van der Waals surface area contributed by atoms with Crippen LogP contribution in [0.5, 0.6) is 0 Å². The molecule has 5 aromatic rings. The zero-order chi connectivity index (χ0) is 26.8. The summed E-state index contributed by atoms with van der Waals surface area (Å²) < 4.78 is 13.4. The van der Waals surface area contributed by atoms with Crippen LogP contribution in [0.3, 0.4) is 0 Å². The molecule has 0 fully saturated rings. The van der Waals surface area contributed by atoms with Crippen LogP contribution in [-0.4, -0.2) is 28.3 Å². The third-order valence-electron chi connectivity index (χ3n) is 5.40. The van der Waals surface area contributed by atoms with Crippen molar-refractivity contribution in [2.24, 2.45) is 0 Å². The molecule has 0 saturated carbocycles. The first-order valence-electron chi connectivity index (χ1n) is 11.8. The lowest BCUT2D eigenvalue weighted by Crippen LogP contribution is -2.06. The third kappa shape index (κ3) is 6.98. The Morgan fingerprint density at radius 3 is 2.68 bits per heavy atom. The fraction of sp³-hybridized carbons (Fsp3) is 0.172. The Hall–Kier alpha value is -4.12. The van der Waals surface area contributed by atoms with E-state index in [0.717, 1.165) is 39.3 Å². The molecule has 8 heteroatoms. The molecule has 0 unspecified atom stereocenters. The van der Waals surface area contributed by atoms with E-state index in [-0.39, 0.29) is 5.82 Å². The quantitative estimate of drug-likeness (QED) is 0.257. The number of nitrogens with one attached hydrogen (secondary N) is 2. The summed E-state index contributed by atoms with van der Waals surface area (Å²) in [5, 5.41) is 14.2. The summed E-state index contributed by atoms with van der Waals surface area (Å²) in [6.07, 6.45) is 4.77. The van der Waals surface area contributed by atoms with E-state index in [1.165, 1.54) is 6.07 Å². The number of fused-ring (bicyclic) bond motifs is 2. The number of halogens is 2. The van der Waals surface area contributed by atoms with Crippen LogP contribution in [0, 0.1) is 17.1 Å². The maximum Gasteiger partial charge on any atom is 0.150 e. The molecule has 37 heavy (non-hydrogen) atoms. The lowest BCUT2D eigenvalue weighted by molar-refractivity contribution is 0.112. The normalized spacial score (nSPS) is 10.2. The topological polar surface area (TPSA) is 94.5 Å². The number of carbonyl (C=O) groups excluding carboxylic acids is 1. The molecule has 6 nitrogen and oxygen atoms in total. The third-order valence-corrected chi connectivity index (χ3v) is 5.71. The predicted molar refractivity (Wildman–Crippen MR) is 146 cm³/mol. The van der Waals surface area contributed by atoms with Crippen molar-refractivity contribution in [3.05, 3.63) is 106 Å². The van der Waals surface area contributed by atoms with Crippen molar-refractivity contribution < 1.29 is 9.18 Å². The van der Waals surface area contributed by atoms with Crippen molar-refractivity contribution in [3.8, 4) is 6.07 Å². The standard InChI is InChI=1S/C17H11N3O.C10H10ClFN2.C2H6/c18-10-15-3-2-14-7-12(1-4-17(14)20-15)8-16-9-13(11-21)5-6-19-16;1-13-4-6-2-7-8(11)5-14-10(7)3-9(6)12;1-2/h1-7,9,11H,8H2;2-3,5,13-14H,4H2,1H3;1-2H3. The fourth-order valence-electron chi connectivity index (χ4n) is 3.70. The molecule has 2 aromatic carbocycles. The molecule has 0 aliphatic heterocycles. The van der Waals surface area contributed by atoms with Crippen molar-refractivity contribution in [1.29, 1.82) is 5.26 Å². The Bertz CT molecular complexity index is 1560.